The number of phenolic OH excluding ortho intramolecular Hbond substituents is 1. The fourth-order valence-electron chi connectivity index (χ4n) is 2.79. The summed E-state index contributed by atoms with van der Waals surface area (Å²) in [5.74, 6) is 0.581. The van der Waals surface area contributed by atoms with Crippen LogP contribution in [-0.2, 0) is 4.79 Å². The van der Waals surface area contributed by atoms with E-state index in [4.69, 9.17) is 0 Å². The molecule has 1 saturated carbocycles. The molecule has 1 aromatic carbocycles. The highest BCUT2D eigenvalue weighted by Gasteiger charge is 2.16. The van der Waals surface area contributed by atoms with Crippen LogP contribution in [0.2, 0.25) is 0 Å². The Balaban J connectivity index is 1.92. The van der Waals surface area contributed by atoms with Gasteiger partial charge in [-0.3, -0.25) is 0 Å². The lowest BCUT2D eigenvalue weighted by molar-refractivity contribution is -0.111. The molecule has 0 heterocycles. The minimum Gasteiger partial charge on any atom is -0.508 e. The average Bonchev–Trinajstić information content (AvgIpc) is 2.48. The molecular weight excluding hydrogens is 268 g/mol. The number of thioether (sulfide) groups is 1. The van der Waals surface area contributed by atoms with E-state index in [1.165, 1.54) is 37.0 Å². The topological polar surface area (TPSA) is 37.3 Å². The number of hydrogen-bond donors (Lipinski definition) is 1. The summed E-state index contributed by atoms with van der Waals surface area (Å²) in [7, 11) is 0. The molecule has 0 amide bonds. The van der Waals surface area contributed by atoms with Gasteiger partial charge in [0.05, 0.1) is 0 Å². The second-order valence-corrected chi connectivity index (χ2v) is 7.07. The maximum absolute atomic E-state index is 11.1. The third-order valence-corrected chi connectivity index (χ3v) is 5.39. The number of rotatable bonds is 3. The highest BCUT2D eigenvalue weighted by molar-refractivity contribution is 8.00. The third-order valence-electron chi connectivity index (χ3n) is 4.04. The van der Waals surface area contributed by atoms with E-state index in [1.807, 2.05) is 23.9 Å². The largest absolute Gasteiger partial charge is 0.508 e. The second kappa shape index (κ2) is 8.35. The molecule has 110 valence electrons. The molecule has 0 bridgehead atoms. The Kier molecular flexibility index (Phi) is 6.44. The number of carbonyl (C=O) groups is 1. The maximum atomic E-state index is 11.1. The van der Waals surface area contributed by atoms with Gasteiger partial charge in [-0.15, -0.1) is 11.8 Å². The van der Waals surface area contributed by atoms with E-state index in [9.17, 15) is 9.90 Å². The lowest BCUT2D eigenvalue weighted by Gasteiger charge is -2.20. The van der Waals surface area contributed by atoms with Crippen LogP contribution in [-0.4, -0.2) is 16.6 Å². The number of hydrogen-bond acceptors (Lipinski definition) is 3. The van der Waals surface area contributed by atoms with Gasteiger partial charge in [0.2, 0.25) is 0 Å². The Hall–Kier alpha value is -0.960. The van der Waals surface area contributed by atoms with Gasteiger partial charge < -0.3 is 9.90 Å². The molecular formula is C17H24O2S. The molecule has 0 radical (unpaired) electrons. The molecule has 1 N–H and O–H groups in total. The quantitative estimate of drug-likeness (QED) is 0.813. The minimum absolute atomic E-state index is 0.260. The number of phenols is 1. The van der Waals surface area contributed by atoms with Crippen molar-refractivity contribution in [2.75, 3.05) is 0 Å². The van der Waals surface area contributed by atoms with E-state index in [1.54, 1.807) is 12.1 Å². The average molecular weight is 292 g/mol. The van der Waals surface area contributed by atoms with Gasteiger partial charge in [0.1, 0.15) is 12.0 Å². The summed E-state index contributed by atoms with van der Waals surface area (Å²) < 4.78 is 0. The van der Waals surface area contributed by atoms with Gasteiger partial charge in [-0.1, -0.05) is 25.7 Å². The molecule has 1 aliphatic carbocycles. The van der Waals surface area contributed by atoms with Gasteiger partial charge in [0.25, 0.3) is 0 Å². The van der Waals surface area contributed by atoms with Crippen LogP contribution in [0.1, 0.15) is 51.4 Å². The standard InChI is InChI=1S/C17H24O2S/c18-13-14-5-3-1-2-4-6-16(10-7-14)20-17-11-8-15(19)9-12-17/h8-9,11-14,16,19H,1-7,10H2. The minimum atomic E-state index is 0.260. The Labute approximate surface area is 126 Å². The SMILES string of the molecule is O=CC1CCCCCCC(Sc2ccc(O)cc2)CC1. The fourth-order valence-corrected chi connectivity index (χ4v) is 4.01. The monoisotopic (exact) mass is 292 g/mol. The lowest BCUT2D eigenvalue weighted by atomic mass is 9.93. The molecule has 1 aliphatic rings. The van der Waals surface area contributed by atoms with Crippen molar-refractivity contribution >= 4 is 18.0 Å². The second-order valence-electron chi connectivity index (χ2n) is 5.70. The summed E-state index contributed by atoms with van der Waals surface area (Å²) in [5, 5.41) is 9.93. The molecule has 1 fully saturated rings. The van der Waals surface area contributed by atoms with E-state index in [0.29, 0.717) is 11.0 Å². The van der Waals surface area contributed by atoms with E-state index >= 15 is 0 Å². The van der Waals surface area contributed by atoms with Gasteiger partial charge in [-0.25, -0.2) is 0 Å². The summed E-state index contributed by atoms with van der Waals surface area (Å²) in [6.07, 6.45) is 10.7. The molecule has 3 heteroatoms. The maximum Gasteiger partial charge on any atom is 0.123 e. The van der Waals surface area contributed by atoms with Gasteiger partial charge in [0.15, 0.2) is 0 Å². The van der Waals surface area contributed by atoms with E-state index < -0.39 is 0 Å². The molecule has 0 aliphatic heterocycles. The molecule has 0 saturated heterocycles. The zero-order chi connectivity index (χ0) is 14.2. The molecule has 20 heavy (non-hydrogen) atoms. The van der Waals surface area contributed by atoms with Gasteiger partial charge in [-0.2, -0.15) is 0 Å². The Morgan fingerprint density at radius 2 is 1.65 bits per heavy atom. The molecule has 2 unspecified atom stereocenters. The van der Waals surface area contributed by atoms with Crippen LogP contribution < -0.4 is 0 Å². The lowest BCUT2D eigenvalue weighted by Crippen LogP contribution is -2.10. The summed E-state index contributed by atoms with van der Waals surface area (Å²) in [4.78, 5) is 12.3. The summed E-state index contributed by atoms with van der Waals surface area (Å²) in [6, 6.07) is 7.46. The Morgan fingerprint density at radius 3 is 2.35 bits per heavy atom. The van der Waals surface area contributed by atoms with Crippen molar-refractivity contribution < 1.29 is 9.90 Å². The van der Waals surface area contributed by atoms with Crippen molar-refractivity contribution in [2.24, 2.45) is 5.92 Å². The van der Waals surface area contributed by atoms with Gasteiger partial charge >= 0.3 is 0 Å². The fraction of sp³-hybridized carbons (Fsp3) is 0.588. The molecule has 1 aromatic rings. The Morgan fingerprint density at radius 1 is 0.950 bits per heavy atom. The van der Waals surface area contributed by atoms with Gasteiger partial charge in [0, 0.05) is 16.1 Å². The number of carbonyl (C=O) groups excluding carboxylic acids is 1. The molecule has 0 spiro atoms. The summed E-state index contributed by atoms with van der Waals surface area (Å²) in [6.45, 7) is 0. The van der Waals surface area contributed by atoms with Crippen LogP contribution >= 0.6 is 11.8 Å². The number of aromatic hydroxyl groups is 1. The van der Waals surface area contributed by atoms with Crippen molar-refractivity contribution in [2.45, 2.75) is 61.5 Å². The smallest absolute Gasteiger partial charge is 0.123 e. The highest BCUT2D eigenvalue weighted by Crippen LogP contribution is 2.33. The predicted molar refractivity (Wildman–Crippen MR) is 84.2 cm³/mol. The normalized spacial score (nSPS) is 25.0. The zero-order valence-corrected chi connectivity index (χ0v) is 12.8. The third kappa shape index (κ3) is 5.20. The van der Waals surface area contributed by atoms with E-state index in [0.717, 1.165) is 25.5 Å². The van der Waals surface area contributed by atoms with Gasteiger partial charge in [-0.05, 0) is 49.9 Å². The summed E-state index contributed by atoms with van der Waals surface area (Å²) >= 11 is 1.90. The van der Waals surface area contributed by atoms with Crippen LogP contribution in [0.3, 0.4) is 0 Å². The van der Waals surface area contributed by atoms with E-state index in [2.05, 4.69) is 0 Å². The highest BCUT2D eigenvalue weighted by atomic mass is 32.2. The molecule has 2 rings (SSSR count). The Bertz CT molecular complexity index is 402. The number of aldehydes is 1. The molecule has 0 aromatic heterocycles. The zero-order valence-electron chi connectivity index (χ0n) is 12.0. The molecule has 2 nitrogen and oxygen atoms in total. The number of benzene rings is 1. The van der Waals surface area contributed by atoms with Crippen LogP contribution in [0.5, 0.6) is 5.75 Å². The van der Waals surface area contributed by atoms with Crippen LogP contribution in [0.15, 0.2) is 29.2 Å². The van der Waals surface area contributed by atoms with Crippen LogP contribution in [0.25, 0.3) is 0 Å². The van der Waals surface area contributed by atoms with Crippen molar-refractivity contribution in [3.05, 3.63) is 24.3 Å². The molecule has 2 atom stereocenters. The van der Waals surface area contributed by atoms with Crippen molar-refractivity contribution in [3.8, 4) is 5.75 Å². The van der Waals surface area contributed by atoms with Crippen molar-refractivity contribution in [1.29, 1.82) is 0 Å². The van der Waals surface area contributed by atoms with Crippen LogP contribution in [0.4, 0.5) is 0 Å². The van der Waals surface area contributed by atoms with E-state index in [-0.39, 0.29) is 5.92 Å². The first-order valence-electron chi connectivity index (χ1n) is 7.69. The van der Waals surface area contributed by atoms with Crippen molar-refractivity contribution in [3.63, 3.8) is 0 Å². The first-order chi connectivity index (χ1) is 9.78. The van der Waals surface area contributed by atoms with Crippen molar-refractivity contribution in [1.82, 2.24) is 0 Å². The first-order valence-corrected chi connectivity index (χ1v) is 8.57. The van der Waals surface area contributed by atoms with Crippen LogP contribution in [0, 0.1) is 5.92 Å². The predicted octanol–water partition coefficient (Wildman–Crippen LogP) is 4.80. The first kappa shape index (κ1) is 15.4. The summed E-state index contributed by atoms with van der Waals surface area (Å²) in [5.41, 5.74) is 0.